The van der Waals surface area contributed by atoms with E-state index < -0.39 is 0 Å². The van der Waals surface area contributed by atoms with Crippen LogP contribution >= 0.6 is 0 Å². The van der Waals surface area contributed by atoms with Crippen LogP contribution in [0.5, 0.6) is 0 Å². The van der Waals surface area contributed by atoms with Gasteiger partial charge in [0.15, 0.2) is 0 Å². The lowest BCUT2D eigenvalue weighted by Crippen LogP contribution is -2.34. The van der Waals surface area contributed by atoms with Crippen LogP contribution in [-0.4, -0.2) is 25.4 Å². The van der Waals surface area contributed by atoms with Crippen molar-refractivity contribution in [3.63, 3.8) is 0 Å². The molecule has 0 N–H and O–H groups in total. The summed E-state index contributed by atoms with van der Waals surface area (Å²) in [4.78, 5) is 0. The Bertz CT molecular complexity index is 774. The molecular weight excluding hydrogens is 332 g/mol. The number of rotatable bonds is 6. The molecule has 0 saturated carbocycles. The Labute approximate surface area is 162 Å². The minimum atomic E-state index is 0.112. The first-order valence-electron chi connectivity index (χ1n) is 10.6. The van der Waals surface area contributed by atoms with Crippen molar-refractivity contribution in [1.82, 2.24) is 0 Å². The van der Waals surface area contributed by atoms with Crippen LogP contribution in [0.2, 0.25) is 0 Å². The second kappa shape index (κ2) is 6.76. The summed E-state index contributed by atoms with van der Waals surface area (Å²) in [6.45, 7) is 6.34. The molecule has 2 fully saturated rings. The van der Waals surface area contributed by atoms with Crippen LogP contribution in [0.15, 0.2) is 36.4 Å². The van der Waals surface area contributed by atoms with Gasteiger partial charge < -0.3 is 9.47 Å². The molecule has 2 unspecified atom stereocenters. The third-order valence-electron chi connectivity index (χ3n) is 7.04. The molecule has 2 saturated heterocycles. The molecule has 2 aromatic rings. The van der Waals surface area contributed by atoms with Gasteiger partial charge in [0.2, 0.25) is 0 Å². The maximum Gasteiger partial charge on any atom is 0.0597 e. The minimum Gasteiger partial charge on any atom is -0.378 e. The van der Waals surface area contributed by atoms with Gasteiger partial charge in [0.25, 0.3) is 0 Å². The molecule has 0 amide bonds. The second-order valence-electron chi connectivity index (χ2n) is 8.82. The van der Waals surface area contributed by atoms with E-state index in [4.69, 9.17) is 9.47 Å². The third-order valence-corrected chi connectivity index (χ3v) is 7.04. The molecule has 0 spiro atoms. The van der Waals surface area contributed by atoms with Crippen molar-refractivity contribution in [2.24, 2.45) is 0 Å². The van der Waals surface area contributed by atoms with Gasteiger partial charge in [0.1, 0.15) is 0 Å². The van der Waals surface area contributed by atoms with E-state index in [-0.39, 0.29) is 5.41 Å². The SMILES string of the molecule is Cc1ccc2c(c1)C(CCC1CCO1)(CCC1CCO1)c1cc(C)ccc1-2. The van der Waals surface area contributed by atoms with Gasteiger partial charge in [-0.2, -0.15) is 0 Å². The van der Waals surface area contributed by atoms with Crippen LogP contribution < -0.4 is 0 Å². The standard InChI is InChI=1S/C25H30O2/c1-17-3-5-21-22-6-4-18(2)16-24(22)25(23(21)15-17,11-7-19-9-13-26-19)12-8-20-10-14-27-20/h3-6,15-16,19-20H,7-14H2,1-2H3. The predicted octanol–water partition coefficient (Wildman–Crippen LogP) is 5.71. The topological polar surface area (TPSA) is 18.5 Å². The summed E-state index contributed by atoms with van der Waals surface area (Å²) in [7, 11) is 0. The van der Waals surface area contributed by atoms with Crippen molar-refractivity contribution < 1.29 is 9.47 Å². The number of fused-ring (bicyclic) bond motifs is 3. The van der Waals surface area contributed by atoms with Crippen molar-refractivity contribution in [2.45, 2.75) is 70.0 Å². The number of ether oxygens (including phenoxy) is 2. The summed E-state index contributed by atoms with van der Waals surface area (Å²) >= 11 is 0. The Kier molecular flexibility index (Phi) is 4.37. The molecule has 0 bridgehead atoms. The van der Waals surface area contributed by atoms with Crippen molar-refractivity contribution in [2.75, 3.05) is 13.2 Å². The minimum absolute atomic E-state index is 0.112. The van der Waals surface area contributed by atoms with Crippen LogP contribution in [0.1, 0.15) is 60.8 Å². The highest BCUT2D eigenvalue weighted by atomic mass is 16.5. The van der Waals surface area contributed by atoms with Crippen LogP contribution in [-0.2, 0) is 14.9 Å². The van der Waals surface area contributed by atoms with E-state index in [1.165, 1.54) is 47.9 Å². The van der Waals surface area contributed by atoms with Gasteiger partial charge in [0.05, 0.1) is 12.2 Å². The highest BCUT2D eigenvalue weighted by Crippen LogP contribution is 2.55. The fraction of sp³-hybridized carbons (Fsp3) is 0.520. The maximum absolute atomic E-state index is 5.79. The summed E-state index contributed by atoms with van der Waals surface area (Å²) in [5.41, 5.74) is 8.81. The van der Waals surface area contributed by atoms with Gasteiger partial charge >= 0.3 is 0 Å². The molecule has 2 heteroatoms. The van der Waals surface area contributed by atoms with Crippen LogP contribution in [0.3, 0.4) is 0 Å². The zero-order valence-electron chi connectivity index (χ0n) is 16.6. The van der Waals surface area contributed by atoms with Crippen LogP contribution in [0, 0.1) is 13.8 Å². The van der Waals surface area contributed by atoms with E-state index in [0.717, 1.165) is 26.1 Å². The predicted molar refractivity (Wildman–Crippen MR) is 109 cm³/mol. The van der Waals surface area contributed by atoms with Crippen molar-refractivity contribution in [3.05, 3.63) is 58.7 Å². The summed E-state index contributed by atoms with van der Waals surface area (Å²) in [6.07, 6.45) is 8.05. The molecule has 1 aliphatic carbocycles. The van der Waals surface area contributed by atoms with E-state index in [2.05, 4.69) is 50.2 Å². The zero-order chi connectivity index (χ0) is 18.4. The Balaban J connectivity index is 1.59. The quantitative estimate of drug-likeness (QED) is 0.655. The number of aryl methyl sites for hydroxylation is 2. The van der Waals surface area contributed by atoms with Crippen LogP contribution in [0.4, 0.5) is 0 Å². The highest BCUT2D eigenvalue weighted by Gasteiger charge is 2.44. The molecule has 2 heterocycles. The Morgan fingerprint density at radius 1 is 0.778 bits per heavy atom. The van der Waals surface area contributed by atoms with Crippen molar-refractivity contribution >= 4 is 0 Å². The maximum atomic E-state index is 5.79. The average Bonchev–Trinajstić information content (AvgIpc) is 2.82. The molecule has 2 atom stereocenters. The molecule has 2 nitrogen and oxygen atoms in total. The van der Waals surface area contributed by atoms with E-state index in [9.17, 15) is 0 Å². The molecule has 3 aliphatic rings. The van der Waals surface area contributed by atoms with E-state index in [0.29, 0.717) is 12.2 Å². The summed E-state index contributed by atoms with van der Waals surface area (Å²) in [6, 6.07) is 14.1. The molecule has 2 aromatic carbocycles. The Morgan fingerprint density at radius 3 is 1.59 bits per heavy atom. The second-order valence-corrected chi connectivity index (χ2v) is 8.82. The summed E-state index contributed by atoms with van der Waals surface area (Å²) in [5.74, 6) is 0. The van der Waals surface area contributed by atoms with E-state index in [1.54, 1.807) is 11.1 Å². The first-order valence-corrected chi connectivity index (χ1v) is 10.6. The number of hydrogen-bond acceptors (Lipinski definition) is 2. The van der Waals surface area contributed by atoms with E-state index >= 15 is 0 Å². The number of benzene rings is 2. The van der Waals surface area contributed by atoms with Gasteiger partial charge in [-0.1, -0.05) is 47.5 Å². The summed E-state index contributed by atoms with van der Waals surface area (Å²) in [5, 5.41) is 0. The van der Waals surface area contributed by atoms with Gasteiger partial charge in [-0.15, -0.1) is 0 Å². The fourth-order valence-corrected chi connectivity index (χ4v) is 5.23. The van der Waals surface area contributed by atoms with Gasteiger partial charge in [-0.05, 0) is 74.6 Å². The number of hydrogen-bond donors (Lipinski definition) is 0. The largest absolute Gasteiger partial charge is 0.378 e. The fourth-order valence-electron chi connectivity index (χ4n) is 5.23. The van der Waals surface area contributed by atoms with E-state index in [1.807, 2.05) is 0 Å². The lowest BCUT2D eigenvalue weighted by Gasteiger charge is -2.38. The molecule has 27 heavy (non-hydrogen) atoms. The molecule has 0 radical (unpaired) electrons. The van der Waals surface area contributed by atoms with Crippen molar-refractivity contribution in [3.8, 4) is 11.1 Å². The van der Waals surface area contributed by atoms with Crippen LogP contribution in [0.25, 0.3) is 11.1 Å². The first-order chi connectivity index (χ1) is 13.2. The highest BCUT2D eigenvalue weighted by molar-refractivity contribution is 5.81. The first kappa shape index (κ1) is 17.5. The third kappa shape index (κ3) is 2.94. The van der Waals surface area contributed by atoms with Gasteiger partial charge in [-0.25, -0.2) is 0 Å². The molecule has 5 rings (SSSR count). The van der Waals surface area contributed by atoms with Gasteiger partial charge in [-0.3, -0.25) is 0 Å². The lowest BCUT2D eigenvalue weighted by atomic mass is 9.69. The molecule has 142 valence electrons. The Morgan fingerprint density at radius 2 is 1.22 bits per heavy atom. The van der Waals surface area contributed by atoms with Gasteiger partial charge in [0, 0.05) is 18.6 Å². The molecular formula is C25H30O2. The van der Waals surface area contributed by atoms with Crippen molar-refractivity contribution in [1.29, 1.82) is 0 Å². The lowest BCUT2D eigenvalue weighted by molar-refractivity contribution is -0.0631. The zero-order valence-corrected chi connectivity index (χ0v) is 16.6. The Hall–Kier alpha value is -1.64. The normalized spacial score (nSPS) is 24.7. The molecule has 2 aliphatic heterocycles. The monoisotopic (exact) mass is 362 g/mol. The molecule has 0 aromatic heterocycles. The average molecular weight is 363 g/mol. The smallest absolute Gasteiger partial charge is 0.0597 e. The summed E-state index contributed by atoms with van der Waals surface area (Å²) < 4.78 is 11.6.